The molecule has 0 saturated heterocycles. The van der Waals surface area contributed by atoms with E-state index >= 15 is 0 Å². The number of benzene rings is 3. The fourth-order valence-corrected chi connectivity index (χ4v) is 6.40. The molecule has 0 fully saturated rings. The van der Waals surface area contributed by atoms with E-state index in [1.807, 2.05) is 56.3 Å². The number of carbonyl (C=O) groups excluding carboxylic acids is 1. The zero-order valence-electron chi connectivity index (χ0n) is 23.8. The zero-order valence-corrected chi connectivity index (χ0v) is 24.6. The molecule has 0 aliphatic carbocycles. The maximum atomic E-state index is 12.3. The third-order valence-electron chi connectivity index (χ3n) is 7.09. The van der Waals surface area contributed by atoms with Gasteiger partial charge >= 0.3 is 5.97 Å². The number of rotatable bonds is 14. The van der Waals surface area contributed by atoms with Crippen molar-refractivity contribution in [2.24, 2.45) is 0 Å². The monoisotopic (exact) mass is 584 g/mol. The van der Waals surface area contributed by atoms with Crippen LogP contribution in [-0.2, 0) is 26.0 Å². The average molecular weight is 585 g/mol. The van der Waals surface area contributed by atoms with Gasteiger partial charge in [0.2, 0.25) is 0 Å². The minimum absolute atomic E-state index is 0.00763. The summed E-state index contributed by atoms with van der Waals surface area (Å²) in [5, 5.41) is 0. The Labute approximate surface area is 241 Å². The molecule has 1 atom stereocenters. The summed E-state index contributed by atoms with van der Waals surface area (Å²) in [6, 6.07) is 17.8. The van der Waals surface area contributed by atoms with E-state index in [1.54, 1.807) is 0 Å². The molecule has 3 aromatic carbocycles. The molecule has 0 saturated carbocycles. The van der Waals surface area contributed by atoms with Crippen molar-refractivity contribution in [2.45, 2.75) is 45.6 Å². The van der Waals surface area contributed by atoms with Crippen molar-refractivity contribution in [2.75, 3.05) is 38.5 Å². The van der Waals surface area contributed by atoms with Gasteiger partial charge in [-0.2, -0.15) is 0 Å². The Balaban J connectivity index is 1.36. The molecule has 4 rings (SSSR count). The van der Waals surface area contributed by atoms with Crippen LogP contribution in [0.5, 0.6) is 17.2 Å². The highest BCUT2D eigenvalue weighted by Gasteiger charge is 2.27. The lowest BCUT2D eigenvalue weighted by Crippen LogP contribution is -2.14. The number of hydrogen-bond donors (Lipinski definition) is 0. The number of sulfone groups is 1. The van der Waals surface area contributed by atoms with Gasteiger partial charge in [0.15, 0.2) is 9.84 Å². The first-order chi connectivity index (χ1) is 19.7. The van der Waals surface area contributed by atoms with E-state index in [9.17, 15) is 17.6 Å². The second-order valence-electron chi connectivity index (χ2n) is 10.3. The molecule has 7 nitrogen and oxygen atoms in total. The first-order valence-electron chi connectivity index (χ1n) is 13.7. The van der Waals surface area contributed by atoms with E-state index in [4.69, 9.17) is 18.9 Å². The van der Waals surface area contributed by atoms with Gasteiger partial charge in [0, 0.05) is 17.5 Å². The third kappa shape index (κ3) is 8.22. The summed E-state index contributed by atoms with van der Waals surface area (Å²) in [5.74, 6) is 1.72. The van der Waals surface area contributed by atoms with Crippen molar-refractivity contribution < 1.29 is 36.6 Å². The van der Waals surface area contributed by atoms with E-state index < -0.39 is 16.5 Å². The Hall–Kier alpha value is -3.59. The lowest BCUT2D eigenvalue weighted by atomic mass is 9.94. The number of halogens is 1. The van der Waals surface area contributed by atoms with Gasteiger partial charge in [0.1, 0.15) is 23.9 Å². The molecule has 0 unspecified atom stereocenters. The molecule has 3 aromatic rings. The number of esters is 1. The first kappa shape index (κ1) is 30.4. The van der Waals surface area contributed by atoms with Crippen molar-refractivity contribution in [3.63, 3.8) is 0 Å². The van der Waals surface area contributed by atoms with Gasteiger partial charge in [-0.3, -0.25) is 9.18 Å². The topological polar surface area (TPSA) is 88.1 Å². The number of fused-ring (bicyclic) bond motifs is 1. The molecule has 220 valence electrons. The second-order valence-corrected chi connectivity index (χ2v) is 12.6. The van der Waals surface area contributed by atoms with E-state index in [-0.39, 0.29) is 42.8 Å². The molecule has 0 aromatic heterocycles. The van der Waals surface area contributed by atoms with Gasteiger partial charge in [-0.05, 0) is 78.8 Å². The van der Waals surface area contributed by atoms with Crippen LogP contribution in [0.3, 0.4) is 0 Å². The standard InChI is InChI=1S/C32H37FO7S/c1-22-15-28(38-12-6-14-41(35,36)13-5-11-33)16-23(2)32(22)25-8-4-7-24(17-25)20-39-27-9-10-29-26(18-31(34)37-3)21-40-30(29)19-27/h4,7-10,15-17,19,26H,5-6,11-14,18,20-21H2,1-3H3/t26-/m1/s1. The Morgan fingerprint density at radius 2 is 1.73 bits per heavy atom. The maximum absolute atomic E-state index is 12.3. The molecule has 1 aliphatic heterocycles. The highest BCUT2D eigenvalue weighted by atomic mass is 32.2. The van der Waals surface area contributed by atoms with Gasteiger partial charge in [0.25, 0.3) is 0 Å². The summed E-state index contributed by atoms with van der Waals surface area (Å²) >= 11 is 0. The smallest absolute Gasteiger partial charge is 0.306 e. The molecule has 1 aliphatic rings. The molecular formula is C32H37FO7S. The van der Waals surface area contributed by atoms with Gasteiger partial charge in [0.05, 0.1) is 44.9 Å². The summed E-state index contributed by atoms with van der Waals surface area (Å²) in [7, 11) is -1.86. The number of aryl methyl sites for hydroxylation is 2. The SMILES string of the molecule is COC(=O)C[C@@H]1COc2cc(OCc3cccc(-c4c(C)cc(OCCCS(=O)(=O)CCCF)cc4C)c3)ccc21. The molecule has 1 heterocycles. The number of hydrogen-bond acceptors (Lipinski definition) is 7. The van der Waals surface area contributed by atoms with Gasteiger partial charge in [-0.15, -0.1) is 0 Å². The van der Waals surface area contributed by atoms with Crippen molar-refractivity contribution >= 4 is 15.8 Å². The normalized spacial score (nSPS) is 14.3. The van der Waals surface area contributed by atoms with Crippen LogP contribution >= 0.6 is 0 Å². The number of alkyl halides is 1. The van der Waals surface area contributed by atoms with Crippen LogP contribution in [0.4, 0.5) is 4.39 Å². The van der Waals surface area contributed by atoms with Crippen molar-refractivity contribution in [3.05, 3.63) is 76.9 Å². The fourth-order valence-electron chi connectivity index (χ4n) is 5.09. The Bertz CT molecular complexity index is 1450. The van der Waals surface area contributed by atoms with Crippen LogP contribution in [0, 0.1) is 13.8 Å². The van der Waals surface area contributed by atoms with Crippen LogP contribution in [0.2, 0.25) is 0 Å². The highest BCUT2D eigenvalue weighted by Crippen LogP contribution is 2.38. The van der Waals surface area contributed by atoms with E-state index in [0.29, 0.717) is 31.1 Å². The highest BCUT2D eigenvalue weighted by molar-refractivity contribution is 7.91. The molecule has 0 bridgehead atoms. The van der Waals surface area contributed by atoms with Crippen LogP contribution in [0.25, 0.3) is 11.1 Å². The van der Waals surface area contributed by atoms with E-state index in [2.05, 4.69) is 12.1 Å². The summed E-state index contributed by atoms with van der Waals surface area (Å²) in [6.45, 7) is 4.53. The zero-order chi connectivity index (χ0) is 29.4. The summed E-state index contributed by atoms with van der Waals surface area (Å²) in [5.41, 5.74) is 6.27. The van der Waals surface area contributed by atoms with Crippen molar-refractivity contribution in [1.29, 1.82) is 0 Å². The molecule has 0 radical (unpaired) electrons. The first-order valence-corrected chi connectivity index (χ1v) is 15.6. The predicted molar refractivity (Wildman–Crippen MR) is 156 cm³/mol. The summed E-state index contributed by atoms with van der Waals surface area (Å²) in [4.78, 5) is 11.7. The molecule has 9 heteroatoms. The van der Waals surface area contributed by atoms with Crippen molar-refractivity contribution in [3.8, 4) is 28.4 Å². The number of carbonyl (C=O) groups is 1. The Morgan fingerprint density at radius 1 is 0.976 bits per heavy atom. The molecule has 41 heavy (non-hydrogen) atoms. The van der Waals surface area contributed by atoms with Crippen LogP contribution < -0.4 is 14.2 Å². The van der Waals surface area contributed by atoms with E-state index in [1.165, 1.54) is 7.11 Å². The van der Waals surface area contributed by atoms with Crippen LogP contribution in [-0.4, -0.2) is 52.9 Å². The number of ether oxygens (including phenoxy) is 4. The quantitative estimate of drug-likeness (QED) is 0.166. The number of methoxy groups -OCH3 is 1. The summed E-state index contributed by atoms with van der Waals surface area (Å²) < 4.78 is 58.6. The van der Waals surface area contributed by atoms with Crippen molar-refractivity contribution in [1.82, 2.24) is 0 Å². The molecular weight excluding hydrogens is 547 g/mol. The maximum Gasteiger partial charge on any atom is 0.306 e. The van der Waals surface area contributed by atoms with Gasteiger partial charge in [-0.25, -0.2) is 8.42 Å². The van der Waals surface area contributed by atoms with Crippen LogP contribution in [0.1, 0.15) is 47.4 Å². The molecule has 0 amide bonds. The Morgan fingerprint density at radius 3 is 2.46 bits per heavy atom. The largest absolute Gasteiger partial charge is 0.494 e. The Kier molecular flexibility index (Phi) is 10.3. The van der Waals surface area contributed by atoms with E-state index in [0.717, 1.165) is 39.1 Å². The fraction of sp³-hybridized carbons (Fsp3) is 0.406. The minimum Gasteiger partial charge on any atom is -0.494 e. The molecule has 0 spiro atoms. The minimum atomic E-state index is -3.25. The summed E-state index contributed by atoms with van der Waals surface area (Å²) in [6.07, 6.45) is 0.690. The lowest BCUT2D eigenvalue weighted by Gasteiger charge is -2.15. The van der Waals surface area contributed by atoms with Gasteiger partial charge < -0.3 is 18.9 Å². The average Bonchev–Trinajstić information content (AvgIpc) is 3.34. The lowest BCUT2D eigenvalue weighted by molar-refractivity contribution is -0.141. The third-order valence-corrected chi connectivity index (χ3v) is 8.91. The van der Waals surface area contributed by atoms with Gasteiger partial charge in [-0.1, -0.05) is 24.3 Å². The molecule has 0 N–H and O–H groups in total. The predicted octanol–water partition coefficient (Wildman–Crippen LogP) is 6.13. The second kappa shape index (κ2) is 13.9. The van der Waals surface area contributed by atoms with Crippen LogP contribution in [0.15, 0.2) is 54.6 Å².